The van der Waals surface area contributed by atoms with Crippen LogP contribution in [0.4, 0.5) is 4.39 Å². The molecule has 0 aliphatic rings. The lowest BCUT2D eigenvalue weighted by atomic mass is 10.1. The van der Waals surface area contributed by atoms with Gasteiger partial charge in [-0.3, -0.25) is 4.79 Å². The summed E-state index contributed by atoms with van der Waals surface area (Å²) in [5.41, 5.74) is 0.271. The minimum Gasteiger partial charge on any atom is -0.493 e. The Labute approximate surface area is 90.2 Å². The molecule has 1 aromatic rings. The van der Waals surface area contributed by atoms with Gasteiger partial charge in [-0.1, -0.05) is 0 Å². The highest BCUT2D eigenvalue weighted by atomic mass is 79.9. The molecular weight excluding hydrogens is 251 g/mol. The van der Waals surface area contributed by atoms with Gasteiger partial charge in [0.1, 0.15) is 11.6 Å². The molecule has 0 fully saturated rings. The zero-order valence-corrected chi connectivity index (χ0v) is 9.52. The van der Waals surface area contributed by atoms with Crippen molar-refractivity contribution in [2.45, 2.75) is 13.8 Å². The Hall–Kier alpha value is -0.900. The van der Waals surface area contributed by atoms with Gasteiger partial charge in [-0.2, -0.15) is 0 Å². The van der Waals surface area contributed by atoms with Crippen molar-refractivity contribution in [2.24, 2.45) is 0 Å². The molecule has 0 bridgehead atoms. The largest absolute Gasteiger partial charge is 0.493 e. The average molecular weight is 261 g/mol. The smallest absolute Gasteiger partial charge is 0.163 e. The summed E-state index contributed by atoms with van der Waals surface area (Å²) in [6, 6.07) is 2.65. The maximum absolute atomic E-state index is 13.1. The van der Waals surface area contributed by atoms with Crippen LogP contribution in [0.5, 0.6) is 5.75 Å². The van der Waals surface area contributed by atoms with E-state index in [-0.39, 0.29) is 11.3 Å². The van der Waals surface area contributed by atoms with Crippen LogP contribution in [0.25, 0.3) is 0 Å². The van der Waals surface area contributed by atoms with Crippen molar-refractivity contribution >= 4 is 21.7 Å². The summed E-state index contributed by atoms with van der Waals surface area (Å²) in [5, 5.41) is 0. The van der Waals surface area contributed by atoms with Gasteiger partial charge >= 0.3 is 0 Å². The van der Waals surface area contributed by atoms with Gasteiger partial charge in [0.2, 0.25) is 0 Å². The van der Waals surface area contributed by atoms with Gasteiger partial charge < -0.3 is 4.74 Å². The average Bonchev–Trinajstić information content (AvgIpc) is 2.11. The first-order valence-corrected chi connectivity index (χ1v) is 4.98. The molecule has 0 radical (unpaired) electrons. The SMILES string of the molecule is CCOc1cc(Br)c(F)cc1C(C)=O. The zero-order chi connectivity index (χ0) is 10.7. The van der Waals surface area contributed by atoms with E-state index in [0.29, 0.717) is 16.8 Å². The van der Waals surface area contributed by atoms with Crippen molar-refractivity contribution in [2.75, 3.05) is 6.61 Å². The number of ketones is 1. The highest BCUT2D eigenvalue weighted by Gasteiger charge is 2.12. The van der Waals surface area contributed by atoms with E-state index in [0.717, 1.165) is 0 Å². The number of hydrogen-bond acceptors (Lipinski definition) is 2. The van der Waals surface area contributed by atoms with Gasteiger partial charge in [0.05, 0.1) is 16.6 Å². The van der Waals surface area contributed by atoms with Crippen LogP contribution in [0.15, 0.2) is 16.6 Å². The van der Waals surface area contributed by atoms with Crippen LogP contribution < -0.4 is 4.74 Å². The third-order valence-electron chi connectivity index (χ3n) is 1.70. The summed E-state index contributed by atoms with van der Waals surface area (Å²) in [5.74, 6) is -0.258. The summed E-state index contributed by atoms with van der Waals surface area (Å²) in [4.78, 5) is 11.1. The van der Waals surface area contributed by atoms with Gasteiger partial charge in [0.25, 0.3) is 0 Å². The molecule has 0 spiro atoms. The Morgan fingerprint density at radius 2 is 2.21 bits per heavy atom. The minimum absolute atomic E-state index is 0.208. The van der Waals surface area contributed by atoms with Gasteiger partial charge in [-0.15, -0.1) is 0 Å². The summed E-state index contributed by atoms with van der Waals surface area (Å²) < 4.78 is 18.6. The third-order valence-corrected chi connectivity index (χ3v) is 2.31. The van der Waals surface area contributed by atoms with E-state index in [1.54, 1.807) is 6.92 Å². The first-order valence-electron chi connectivity index (χ1n) is 4.19. The fraction of sp³-hybridized carbons (Fsp3) is 0.300. The molecule has 14 heavy (non-hydrogen) atoms. The predicted molar refractivity (Wildman–Crippen MR) is 55.3 cm³/mol. The fourth-order valence-corrected chi connectivity index (χ4v) is 1.40. The van der Waals surface area contributed by atoms with Crippen molar-refractivity contribution in [1.82, 2.24) is 0 Å². The van der Waals surface area contributed by atoms with Crippen molar-refractivity contribution in [3.8, 4) is 5.75 Å². The molecule has 0 saturated carbocycles. The van der Waals surface area contributed by atoms with E-state index in [4.69, 9.17) is 4.74 Å². The third kappa shape index (κ3) is 2.32. The molecule has 0 N–H and O–H groups in total. The Balaban J connectivity index is 3.24. The maximum atomic E-state index is 13.1. The molecular formula is C10H10BrFO2. The highest BCUT2D eigenvalue weighted by Crippen LogP contribution is 2.27. The highest BCUT2D eigenvalue weighted by molar-refractivity contribution is 9.10. The van der Waals surface area contributed by atoms with Crippen molar-refractivity contribution in [1.29, 1.82) is 0 Å². The lowest BCUT2D eigenvalue weighted by Gasteiger charge is -2.08. The molecule has 0 aliphatic heterocycles. The Morgan fingerprint density at radius 1 is 1.57 bits per heavy atom. The van der Waals surface area contributed by atoms with Crippen molar-refractivity contribution < 1.29 is 13.9 Å². The molecule has 1 aromatic carbocycles. The molecule has 0 aliphatic carbocycles. The molecule has 1 rings (SSSR count). The number of rotatable bonds is 3. The number of ether oxygens (including phenoxy) is 1. The number of hydrogen-bond donors (Lipinski definition) is 0. The fourth-order valence-electron chi connectivity index (χ4n) is 1.08. The minimum atomic E-state index is -0.460. The van der Waals surface area contributed by atoms with Crippen molar-refractivity contribution in [3.05, 3.63) is 28.0 Å². The Kier molecular flexibility index (Phi) is 3.63. The van der Waals surface area contributed by atoms with Gasteiger partial charge in [-0.25, -0.2) is 4.39 Å². The summed E-state index contributed by atoms with van der Waals surface area (Å²) in [6.07, 6.45) is 0. The first kappa shape index (κ1) is 11.2. The molecule has 4 heteroatoms. The second kappa shape index (κ2) is 4.55. The Morgan fingerprint density at radius 3 is 2.71 bits per heavy atom. The summed E-state index contributed by atoms with van der Waals surface area (Å²) in [6.45, 7) is 3.63. The summed E-state index contributed by atoms with van der Waals surface area (Å²) in [7, 11) is 0. The molecule has 0 atom stereocenters. The molecule has 0 heterocycles. The molecule has 0 saturated heterocycles. The lowest BCUT2D eigenvalue weighted by molar-refractivity contribution is 0.101. The van der Waals surface area contributed by atoms with E-state index in [9.17, 15) is 9.18 Å². The number of carbonyl (C=O) groups excluding carboxylic acids is 1. The van der Waals surface area contributed by atoms with E-state index in [2.05, 4.69) is 15.9 Å². The van der Waals surface area contributed by atoms with Crippen LogP contribution in [0, 0.1) is 5.82 Å². The normalized spacial score (nSPS) is 10.0. The molecule has 0 amide bonds. The molecule has 2 nitrogen and oxygen atoms in total. The zero-order valence-electron chi connectivity index (χ0n) is 7.93. The van der Waals surface area contributed by atoms with Crippen LogP contribution in [0.1, 0.15) is 24.2 Å². The van der Waals surface area contributed by atoms with Crippen molar-refractivity contribution in [3.63, 3.8) is 0 Å². The van der Waals surface area contributed by atoms with E-state index in [1.807, 2.05) is 0 Å². The summed E-state index contributed by atoms with van der Waals surface area (Å²) >= 11 is 3.03. The molecule has 76 valence electrons. The van der Waals surface area contributed by atoms with Crippen LogP contribution in [-0.2, 0) is 0 Å². The van der Waals surface area contributed by atoms with E-state index < -0.39 is 5.82 Å². The molecule has 0 aromatic heterocycles. The maximum Gasteiger partial charge on any atom is 0.163 e. The lowest BCUT2D eigenvalue weighted by Crippen LogP contribution is -2.01. The predicted octanol–water partition coefficient (Wildman–Crippen LogP) is 3.19. The Bertz CT molecular complexity index is 363. The quantitative estimate of drug-likeness (QED) is 0.781. The monoisotopic (exact) mass is 260 g/mol. The van der Waals surface area contributed by atoms with Crippen LogP contribution in [0.2, 0.25) is 0 Å². The van der Waals surface area contributed by atoms with Crippen LogP contribution >= 0.6 is 15.9 Å². The standard InChI is InChI=1S/C10H10BrFO2/c1-3-14-10-5-8(11)9(12)4-7(10)6(2)13/h4-5H,3H2,1-2H3. The topological polar surface area (TPSA) is 26.3 Å². The van der Waals surface area contributed by atoms with Gasteiger partial charge in [-0.05, 0) is 41.9 Å². The van der Waals surface area contributed by atoms with Crippen LogP contribution in [0.3, 0.4) is 0 Å². The van der Waals surface area contributed by atoms with E-state index >= 15 is 0 Å². The van der Waals surface area contributed by atoms with Crippen LogP contribution in [-0.4, -0.2) is 12.4 Å². The number of halogens is 2. The second-order valence-electron chi connectivity index (χ2n) is 2.75. The first-order chi connectivity index (χ1) is 6.56. The van der Waals surface area contributed by atoms with E-state index in [1.165, 1.54) is 19.1 Å². The van der Waals surface area contributed by atoms with Gasteiger partial charge in [0, 0.05) is 0 Å². The molecule has 0 unspecified atom stereocenters. The second-order valence-corrected chi connectivity index (χ2v) is 3.61. The number of carbonyl (C=O) groups is 1. The number of Topliss-reactive ketones (excluding diaryl/α,β-unsaturated/α-hetero) is 1. The van der Waals surface area contributed by atoms with Gasteiger partial charge in [0.15, 0.2) is 5.78 Å². The number of benzene rings is 1.